The van der Waals surface area contributed by atoms with Crippen LogP contribution in [-0.4, -0.2) is 6.04 Å². The molecule has 2 N–H and O–H groups in total. The molecule has 2 unspecified atom stereocenters. The van der Waals surface area contributed by atoms with E-state index in [0.717, 1.165) is 0 Å². The van der Waals surface area contributed by atoms with E-state index in [-0.39, 0.29) is 0 Å². The molecule has 1 aliphatic rings. The molecule has 0 radical (unpaired) electrons. The average Bonchev–Trinajstić information content (AvgIpc) is 1.76. The van der Waals surface area contributed by atoms with E-state index in [9.17, 15) is 0 Å². The minimum Gasteiger partial charge on any atom is -0.328 e. The summed E-state index contributed by atoms with van der Waals surface area (Å²) >= 11 is 0. The van der Waals surface area contributed by atoms with Gasteiger partial charge in [-0.25, -0.2) is 0 Å². The normalized spacial score (nSPS) is 38.4. The highest BCUT2D eigenvalue weighted by molar-refractivity contribution is 4.98. The van der Waals surface area contributed by atoms with Gasteiger partial charge in [0.2, 0.25) is 0 Å². The molecular formula is C13H27N. The van der Waals surface area contributed by atoms with E-state index in [2.05, 4.69) is 41.5 Å². The molecule has 1 saturated carbocycles. The van der Waals surface area contributed by atoms with E-state index in [1.165, 1.54) is 19.3 Å². The molecule has 0 saturated heterocycles. The highest BCUT2D eigenvalue weighted by atomic mass is 14.7. The Labute approximate surface area is 89.5 Å². The molecule has 0 heterocycles. The lowest BCUT2D eigenvalue weighted by Crippen LogP contribution is -2.47. The maximum absolute atomic E-state index is 6.18. The van der Waals surface area contributed by atoms with E-state index >= 15 is 0 Å². The van der Waals surface area contributed by atoms with E-state index in [1.54, 1.807) is 0 Å². The van der Waals surface area contributed by atoms with Crippen molar-refractivity contribution in [3.8, 4) is 0 Å². The number of hydrogen-bond donors (Lipinski definition) is 1. The third kappa shape index (κ3) is 2.31. The summed E-state index contributed by atoms with van der Waals surface area (Å²) < 4.78 is 0. The molecule has 0 bridgehead atoms. The zero-order valence-corrected chi connectivity index (χ0v) is 10.8. The van der Waals surface area contributed by atoms with Crippen molar-refractivity contribution in [1.29, 1.82) is 0 Å². The zero-order valence-electron chi connectivity index (χ0n) is 10.8. The summed E-state index contributed by atoms with van der Waals surface area (Å²) in [4.78, 5) is 0. The molecule has 1 nitrogen and oxygen atoms in total. The van der Waals surface area contributed by atoms with E-state index in [4.69, 9.17) is 5.73 Å². The molecule has 14 heavy (non-hydrogen) atoms. The van der Waals surface area contributed by atoms with Gasteiger partial charge in [-0.15, -0.1) is 0 Å². The third-order valence-corrected chi connectivity index (χ3v) is 4.21. The van der Waals surface area contributed by atoms with Crippen LogP contribution in [0.25, 0.3) is 0 Å². The molecular weight excluding hydrogens is 170 g/mol. The zero-order chi connectivity index (χ0) is 11.2. The summed E-state index contributed by atoms with van der Waals surface area (Å²) in [5.74, 6) is 0. The van der Waals surface area contributed by atoms with Crippen molar-refractivity contribution < 1.29 is 0 Å². The van der Waals surface area contributed by atoms with Crippen LogP contribution in [0.15, 0.2) is 0 Å². The van der Waals surface area contributed by atoms with Gasteiger partial charge < -0.3 is 5.73 Å². The van der Waals surface area contributed by atoms with E-state index < -0.39 is 0 Å². The van der Waals surface area contributed by atoms with Crippen LogP contribution in [0.1, 0.15) is 60.8 Å². The van der Waals surface area contributed by atoms with Gasteiger partial charge in [0.1, 0.15) is 0 Å². The summed E-state index contributed by atoms with van der Waals surface area (Å²) in [6.45, 7) is 14.2. The fourth-order valence-electron chi connectivity index (χ4n) is 3.13. The van der Waals surface area contributed by atoms with Crippen molar-refractivity contribution in [2.24, 2.45) is 22.0 Å². The van der Waals surface area contributed by atoms with Crippen LogP contribution in [0.3, 0.4) is 0 Å². The molecule has 0 spiro atoms. The molecule has 84 valence electrons. The first-order chi connectivity index (χ1) is 6.06. The summed E-state index contributed by atoms with van der Waals surface area (Å²) in [7, 11) is 0. The standard InChI is InChI=1S/C13H27N/c1-11(2,3)13(6)8-10(14)7-12(4,5)9-13/h10H,7-9,14H2,1-6H3. The SMILES string of the molecule is CC1(C)CC(N)CC(C)(C(C)(C)C)C1. The molecule has 1 rings (SSSR count). The van der Waals surface area contributed by atoms with Crippen molar-refractivity contribution in [3.05, 3.63) is 0 Å². The largest absolute Gasteiger partial charge is 0.328 e. The summed E-state index contributed by atoms with van der Waals surface area (Å²) in [5.41, 5.74) is 7.36. The maximum Gasteiger partial charge on any atom is 0.00493 e. The van der Waals surface area contributed by atoms with Gasteiger partial charge in [0.15, 0.2) is 0 Å². The Kier molecular flexibility index (Phi) is 2.78. The number of nitrogens with two attached hydrogens (primary N) is 1. The molecule has 1 heteroatoms. The Morgan fingerprint density at radius 1 is 1.07 bits per heavy atom. The third-order valence-electron chi connectivity index (χ3n) is 4.21. The monoisotopic (exact) mass is 197 g/mol. The van der Waals surface area contributed by atoms with Crippen molar-refractivity contribution in [2.75, 3.05) is 0 Å². The van der Waals surface area contributed by atoms with Crippen LogP contribution < -0.4 is 5.73 Å². The van der Waals surface area contributed by atoms with Crippen LogP contribution in [0.2, 0.25) is 0 Å². The first-order valence-corrected chi connectivity index (χ1v) is 5.81. The van der Waals surface area contributed by atoms with Crippen LogP contribution in [0, 0.1) is 16.2 Å². The first-order valence-electron chi connectivity index (χ1n) is 5.81. The number of hydrogen-bond acceptors (Lipinski definition) is 1. The summed E-state index contributed by atoms with van der Waals surface area (Å²) in [5, 5.41) is 0. The molecule has 0 aromatic heterocycles. The molecule has 0 aromatic carbocycles. The lowest BCUT2D eigenvalue weighted by atomic mass is 9.54. The minimum atomic E-state index is 0.363. The Bertz CT molecular complexity index is 212. The Hall–Kier alpha value is -0.0400. The van der Waals surface area contributed by atoms with Gasteiger partial charge in [-0.2, -0.15) is 0 Å². The molecule has 1 aliphatic carbocycles. The van der Waals surface area contributed by atoms with Gasteiger partial charge in [0.05, 0.1) is 0 Å². The second kappa shape index (κ2) is 3.23. The topological polar surface area (TPSA) is 26.0 Å². The predicted molar refractivity (Wildman–Crippen MR) is 63.2 cm³/mol. The number of rotatable bonds is 0. The lowest BCUT2D eigenvalue weighted by molar-refractivity contribution is -0.00738. The van der Waals surface area contributed by atoms with Gasteiger partial charge in [-0.05, 0) is 35.5 Å². The smallest absolute Gasteiger partial charge is 0.00493 e. The lowest BCUT2D eigenvalue weighted by Gasteiger charge is -2.52. The average molecular weight is 197 g/mol. The molecule has 2 atom stereocenters. The van der Waals surface area contributed by atoms with Gasteiger partial charge in [-0.3, -0.25) is 0 Å². The Morgan fingerprint density at radius 2 is 1.57 bits per heavy atom. The quantitative estimate of drug-likeness (QED) is 0.631. The molecule has 0 aliphatic heterocycles. The van der Waals surface area contributed by atoms with Crippen LogP contribution >= 0.6 is 0 Å². The van der Waals surface area contributed by atoms with Crippen LogP contribution in [-0.2, 0) is 0 Å². The van der Waals surface area contributed by atoms with Crippen molar-refractivity contribution in [1.82, 2.24) is 0 Å². The second-order valence-electron chi connectivity index (χ2n) is 7.32. The van der Waals surface area contributed by atoms with Gasteiger partial charge in [0.25, 0.3) is 0 Å². The van der Waals surface area contributed by atoms with Crippen molar-refractivity contribution in [3.63, 3.8) is 0 Å². The highest BCUT2D eigenvalue weighted by Gasteiger charge is 2.46. The van der Waals surface area contributed by atoms with Crippen LogP contribution in [0.5, 0.6) is 0 Å². The van der Waals surface area contributed by atoms with E-state index in [1.807, 2.05) is 0 Å². The van der Waals surface area contributed by atoms with Gasteiger partial charge in [-0.1, -0.05) is 41.5 Å². The maximum atomic E-state index is 6.18. The summed E-state index contributed by atoms with van der Waals surface area (Å²) in [6.07, 6.45) is 3.66. The molecule has 0 aromatic rings. The fourth-order valence-corrected chi connectivity index (χ4v) is 3.13. The highest BCUT2D eigenvalue weighted by Crippen LogP contribution is 2.54. The Morgan fingerprint density at radius 3 is 1.93 bits per heavy atom. The second-order valence-corrected chi connectivity index (χ2v) is 7.32. The van der Waals surface area contributed by atoms with E-state index in [0.29, 0.717) is 22.3 Å². The Balaban J connectivity index is 2.90. The fraction of sp³-hybridized carbons (Fsp3) is 1.00. The van der Waals surface area contributed by atoms with Crippen molar-refractivity contribution >= 4 is 0 Å². The summed E-state index contributed by atoms with van der Waals surface area (Å²) in [6, 6.07) is 0.392. The van der Waals surface area contributed by atoms with Gasteiger partial charge in [0, 0.05) is 6.04 Å². The first kappa shape index (κ1) is 12.0. The molecule has 1 fully saturated rings. The minimum absolute atomic E-state index is 0.363. The predicted octanol–water partition coefficient (Wildman–Crippen LogP) is 3.58. The van der Waals surface area contributed by atoms with Crippen LogP contribution in [0.4, 0.5) is 0 Å². The van der Waals surface area contributed by atoms with Crippen molar-refractivity contribution in [2.45, 2.75) is 66.8 Å². The van der Waals surface area contributed by atoms with Gasteiger partial charge >= 0.3 is 0 Å². The molecule has 0 amide bonds.